The highest BCUT2D eigenvalue weighted by Crippen LogP contribution is 2.49. The van der Waals surface area contributed by atoms with Crippen LogP contribution in [-0.2, 0) is 0 Å². The van der Waals surface area contributed by atoms with Gasteiger partial charge in [-0.2, -0.15) is 0 Å². The van der Waals surface area contributed by atoms with Crippen molar-refractivity contribution in [3.8, 4) is 0 Å². The first-order chi connectivity index (χ1) is 10.2. The molecule has 2 unspecified atom stereocenters. The molecule has 3 aromatic rings. The molecule has 0 saturated heterocycles. The van der Waals surface area contributed by atoms with E-state index in [2.05, 4.69) is 0 Å². The Hall–Kier alpha value is -2.42. The minimum Gasteiger partial charge on any atom is -0.453 e. The Balaban J connectivity index is 1.60. The van der Waals surface area contributed by atoms with Crippen LogP contribution in [0.25, 0.3) is 11.0 Å². The molecule has 3 heteroatoms. The van der Waals surface area contributed by atoms with Gasteiger partial charge < -0.3 is 4.42 Å². The van der Waals surface area contributed by atoms with E-state index < -0.39 is 0 Å². The van der Waals surface area contributed by atoms with Gasteiger partial charge in [-0.15, -0.1) is 0 Å². The lowest BCUT2D eigenvalue weighted by Gasteiger charge is -1.98. The highest BCUT2D eigenvalue weighted by molar-refractivity contribution is 6.01. The molecule has 0 aliphatic heterocycles. The maximum Gasteiger partial charge on any atom is 0.201 e. The maximum absolute atomic E-state index is 13.2. The Kier molecular flexibility index (Phi) is 2.67. The van der Waals surface area contributed by atoms with Crippen LogP contribution in [0.2, 0.25) is 0 Å². The summed E-state index contributed by atoms with van der Waals surface area (Å²) in [6.07, 6.45) is 0.855. The largest absolute Gasteiger partial charge is 0.453 e. The summed E-state index contributed by atoms with van der Waals surface area (Å²) in [6.45, 7) is 0. The van der Waals surface area contributed by atoms with Crippen LogP contribution in [0.3, 0.4) is 0 Å². The van der Waals surface area contributed by atoms with Gasteiger partial charge in [-0.3, -0.25) is 4.79 Å². The summed E-state index contributed by atoms with van der Waals surface area (Å²) >= 11 is 0. The van der Waals surface area contributed by atoms with Gasteiger partial charge in [-0.1, -0.05) is 30.3 Å². The summed E-state index contributed by atoms with van der Waals surface area (Å²) in [5, 5.41) is 0.635. The van der Waals surface area contributed by atoms with Gasteiger partial charge in [0.1, 0.15) is 11.4 Å². The van der Waals surface area contributed by atoms with E-state index in [1.54, 1.807) is 12.1 Å². The third-order valence-corrected chi connectivity index (χ3v) is 4.08. The van der Waals surface area contributed by atoms with Crippen molar-refractivity contribution in [1.82, 2.24) is 0 Å². The summed E-state index contributed by atoms with van der Waals surface area (Å²) < 4.78 is 18.7. The number of rotatable bonds is 3. The van der Waals surface area contributed by atoms with E-state index in [9.17, 15) is 9.18 Å². The zero-order valence-electron chi connectivity index (χ0n) is 11.3. The number of fused-ring (bicyclic) bond motifs is 1. The van der Waals surface area contributed by atoms with Crippen LogP contribution in [-0.4, -0.2) is 5.78 Å². The molecule has 1 aromatic heterocycles. The standard InChI is InChI=1S/C18H13FO2/c19-13-6-7-16-12(8-13)9-17(21-16)18(20)15-10-14(15)11-4-2-1-3-5-11/h1-9,14-15H,10H2. The van der Waals surface area contributed by atoms with Crippen molar-refractivity contribution in [1.29, 1.82) is 0 Å². The maximum atomic E-state index is 13.2. The normalized spacial score (nSPS) is 20.6. The van der Waals surface area contributed by atoms with Gasteiger partial charge in [-0.05, 0) is 42.2 Å². The number of halogens is 1. The molecular formula is C18H13FO2. The Labute approximate surface area is 121 Å². The Morgan fingerprint density at radius 3 is 2.71 bits per heavy atom. The number of hydrogen-bond donors (Lipinski definition) is 0. The van der Waals surface area contributed by atoms with Gasteiger partial charge in [0, 0.05) is 11.3 Å². The number of Topliss-reactive ketones (excluding diaryl/α,β-unsaturated/α-hetero) is 1. The monoisotopic (exact) mass is 280 g/mol. The van der Waals surface area contributed by atoms with E-state index in [1.807, 2.05) is 30.3 Å². The van der Waals surface area contributed by atoms with Gasteiger partial charge in [0.05, 0.1) is 0 Å². The number of hydrogen-bond acceptors (Lipinski definition) is 2. The van der Waals surface area contributed by atoms with E-state index in [4.69, 9.17) is 4.42 Å². The molecular weight excluding hydrogens is 267 g/mol. The summed E-state index contributed by atoms with van der Waals surface area (Å²) in [4.78, 5) is 12.5. The van der Waals surface area contributed by atoms with Crippen LogP contribution in [0, 0.1) is 11.7 Å². The summed E-state index contributed by atoms with van der Waals surface area (Å²) in [6, 6.07) is 16.0. The molecule has 21 heavy (non-hydrogen) atoms. The van der Waals surface area contributed by atoms with Gasteiger partial charge in [0.25, 0.3) is 0 Å². The molecule has 1 aliphatic carbocycles. The SMILES string of the molecule is O=C(c1cc2cc(F)ccc2o1)C1CC1c1ccccc1. The zero-order chi connectivity index (χ0) is 14.4. The third-order valence-electron chi connectivity index (χ3n) is 4.08. The smallest absolute Gasteiger partial charge is 0.201 e. The first-order valence-corrected chi connectivity index (χ1v) is 7.00. The fraction of sp³-hybridized carbons (Fsp3) is 0.167. The predicted octanol–water partition coefficient (Wildman–Crippen LogP) is 4.56. The van der Waals surface area contributed by atoms with Crippen LogP contribution < -0.4 is 0 Å². The molecule has 1 fully saturated rings. The van der Waals surface area contributed by atoms with Crippen molar-refractivity contribution in [3.63, 3.8) is 0 Å². The van der Waals surface area contributed by atoms with Crippen LogP contribution >= 0.6 is 0 Å². The molecule has 2 nitrogen and oxygen atoms in total. The fourth-order valence-electron chi connectivity index (χ4n) is 2.87. The van der Waals surface area contributed by atoms with Crippen molar-refractivity contribution in [2.24, 2.45) is 5.92 Å². The number of carbonyl (C=O) groups is 1. The lowest BCUT2D eigenvalue weighted by Crippen LogP contribution is -2.01. The molecule has 1 saturated carbocycles. The van der Waals surface area contributed by atoms with Crippen molar-refractivity contribution in [3.05, 3.63) is 71.7 Å². The topological polar surface area (TPSA) is 30.2 Å². The van der Waals surface area contributed by atoms with E-state index >= 15 is 0 Å². The number of furan rings is 1. The second-order valence-corrected chi connectivity index (χ2v) is 5.52. The molecule has 0 bridgehead atoms. The molecule has 2 aromatic carbocycles. The average Bonchev–Trinajstić information content (AvgIpc) is 3.20. The first kappa shape index (κ1) is 12.3. The van der Waals surface area contributed by atoms with Crippen LogP contribution in [0.5, 0.6) is 0 Å². The molecule has 0 radical (unpaired) electrons. The highest BCUT2D eigenvalue weighted by atomic mass is 19.1. The van der Waals surface area contributed by atoms with E-state index in [-0.39, 0.29) is 23.4 Å². The molecule has 0 N–H and O–H groups in total. The van der Waals surface area contributed by atoms with Crippen molar-refractivity contribution < 1.29 is 13.6 Å². The van der Waals surface area contributed by atoms with Crippen molar-refractivity contribution in [2.75, 3.05) is 0 Å². The highest BCUT2D eigenvalue weighted by Gasteiger charge is 2.45. The average molecular weight is 280 g/mol. The van der Waals surface area contributed by atoms with Crippen LogP contribution in [0.4, 0.5) is 4.39 Å². The number of carbonyl (C=O) groups excluding carboxylic acids is 1. The Morgan fingerprint density at radius 1 is 1.10 bits per heavy atom. The van der Waals surface area contributed by atoms with E-state index in [0.29, 0.717) is 16.7 Å². The van der Waals surface area contributed by atoms with Crippen LogP contribution in [0.1, 0.15) is 28.5 Å². The second kappa shape index (κ2) is 4.55. The third kappa shape index (κ3) is 2.15. The second-order valence-electron chi connectivity index (χ2n) is 5.52. The van der Waals surface area contributed by atoms with Gasteiger partial charge in [0.15, 0.2) is 5.76 Å². The Morgan fingerprint density at radius 2 is 1.90 bits per heavy atom. The minimum atomic E-state index is -0.323. The van der Waals surface area contributed by atoms with E-state index in [0.717, 1.165) is 6.42 Å². The molecule has 0 amide bonds. The lowest BCUT2D eigenvalue weighted by atomic mass is 10.1. The van der Waals surface area contributed by atoms with Crippen molar-refractivity contribution in [2.45, 2.75) is 12.3 Å². The van der Waals surface area contributed by atoms with E-state index in [1.165, 1.54) is 17.7 Å². The number of benzene rings is 2. The molecule has 1 heterocycles. The summed E-state index contributed by atoms with van der Waals surface area (Å²) in [5.74, 6) is 0.289. The minimum absolute atomic E-state index is 0.0143. The van der Waals surface area contributed by atoms with Crippen molar-refractivity contribution >= 4 is 16.8 Å². The fourth-order valence-corrected chi connectivity index (χ4v) is 2.87. The summed E-state index contributed by atoms with van der Waals surface area (Å²) in [7, 11) is 0. The zero-order valence-corrected chi connectivity index (χ0v) is 11.3. The van der Waals surface area contributed by atoms with Gasteiger partial charge in [-0.25, -0.2) is 4.39 Å². The quantitative estimate of drug-likeness (QED) is 0.658. The molecule has 2 atom stereocenters. The molecule has 0 spiro atoms. The number of ketones is 1. The van der Waals surface area contributed by atoms with Gasteiger partial charge >= 0.3 is 0 Å². The lowest BCUT2D eigenvalue weighted by molar-refractivity contribution is 0.0940. The molecule has 1 aliphatic rings. The van der Waals surface area contributed by atoms with Gasteiger partial charge in [0.2, 0.25) is 5.78 Å². The summed E-state index contributed by atoms with van der Waals surface area (Å²) in [5.41, 5.74) is 1.75. The first-order valence-electron chi connectivity index (χ1n) is 7.00. The molecule has 104 valence electrons. The predicted molar refractivity (Wildman–Crippen MR) is 77.8 cm³/mol. The van der Waals surface area contributed by atoms with Crippen LogP contribution in [0.15, 0.2) is 59.0 Å². The molecule has 4 rings (SSSR count). The Bertz CT molecular complexity index is 820.